The van der Waals surface area contributed by atoms with Gasteiger partial charge in [0.25, 0.3) is 5.91 Å². The van der Waals surface area contributed by atoms with Crippen molar-refractivity contribution in [3.8, 4) is 0 Å². The molecule has 0 aliphatic carbocycles. The molecule has 0 radical (unpaired) electrons. The van der Waals surface area contributed by atoms with Crippen molar-refractivity contribution in [2.45, 2.75) is 25.8 Å². The van der Waals surface area contributed by atoms with Crippen molar-refractivity contribution in [3.05, 3.63) is 47.2 Å². The van der Waals surface area contributed by atoms with Crippen molar-refractivity contribution in [1.29, 1.82) is 0 Å². The van der Waals surface area contributed by atoms with Gasteiger partial charge in [-0.15, -0.1) is 0 Å². The average Bonchev–Trinajstić information content (AvgIpc) is 2.42. The second-order valence-corrected chi connectivity index (χ2v) is 4.43. The van der Waals surface area contributed by atoms with Crippen LogP contribution in [0, 0.1) is 11.6 Å². The highest BCUT2D eigenvalue weighted by Gasteiger charge is 2.17. The summed E-state index contributed by atoms with van der Waals surface area (Å²) >= 11 is 0. The van der Waals surface area contributed by atoms with E-state index in [1.807, 2.05) is 0 Å². The molecule has 0 bridgehead atoms. The Labute approximate surface area is 110 Å². The summed E-state index contributed by atoms with van der Waals surface area (Å²) < 4.78 is 31.2. The summed E-state index contributed by atoms with van der Waals surface area (Å²) in [6.07, 6.45) is 3.44. The molecule has 0 fully saturated rings. The van der Waals surface area contributed by atoms with E-state index in [4.69, 9.17) is 4.74 Å². The zero-order valence-electron chi connectivity index (χ0n) is 10.6. The maximum absolute atomic E-state index is 13.1. The first-order valence-corrected chi connectivity index (χ1v) is 6.16. The van der Waals surface area contributed by atoms with Crippen molar-refractivity contribution in [1.82, 2.24) is 5.32 Å². The molecule has 0 saturated carbocycles. The zero-order chi connectivity index (χ0) is 13.8. The number of allylic oxidation sites excluding steroid dienone is 1. The van der Waals surface area contributed by atoms with Gasteiger partial charge in [-0.05, 0) is 43.5 Å². The molecular weight excluding hydrogens is 252 g/mol. The molecule has 1 heterocycles. The Kier molecular flexibility index (Phi) is 4.14. The van der Waals surface area contributed by atoms with E-state index in [0.29, 0.717) is 17.9 Å². The molecule has 0 aromatic heterocycles. The van der Waals surface area contributed by atoms with Crippen molar-refractivity contribution < 1.29 is 18.3 Å². The molecule has 1 aliphatic heterocycles. The molecule has 1 amide bonds. The molecule has 19 heavy (non-hydrogen) atoms. The summed E-state index contributed by atoms with van der Waals surface area (Å²) in [4.78, 5) is 11.9. The predicted octanol–water partition coefficient (Wildman–Crippen LogP) is 2.84. The highest BCUT2D eigenvalue weighted by molar-refractivity contribution is 5.91. The number of benzene rings is 1. The number of halogens is 2. The maximum atomic E-state index is 13.1. The Morgan fingerprint density at radius 2 is 2.16 bits per heavy atom. The van der Waals surface area contributed by atoms with E-state index >= 15 is 0 Å². The summed E-state index contributed by atoms with van der Waals surface area (Å²) in [5.74, 6) is -1.87. The molecule has 3 nitrogen and oxygen atoms in total. The van der Waals surface area contributed by atoms with Gasteiger partial charge in [0.2, 0.25) is 0 Å². The minimum atomic E-state index is -0.924. The molecule has 102 valence electrons. The lowest BCUT2D eigenvalue weighted by Gasteiger charge is -2.18. The van der Waals surface area contributed by atoms with Crippen molar-refractivity contribution in [2.24, 2.45) is 0 Å². The average molecular weight is 267 g/mol. The topological polar surface area (TPSA) is 38.3 Å². The summed E-state index contributed by atoms with van der Waals surface area (Å²) in [6, 6.07) is 3.15. The van der Waals surface area contributed by atoms with Gasteiger partial charge >= 0.3 is 0 Å². The second kappa shape index (κ2) is 5.82. The fraction of sp³-hybridized carbons (Fsp3) is 0.357. The van der Waals surface area contributed by atoms with Gasteiger partial charge in [0.1, 0.15) is 0 Å². The van der Waals surface area contributed by atoms with E-state index in [2.05, 4.69) is 5.32 Å². The van der Waals surface area contributed by atoms with Crippen LogP contribution < -0.4 is 5.32 Å². The Bertz CT molecular complexity index is 514. The summed E-state index contributed by atoms with van der Waals surface area (Å²) in [5.41, 5.74) is 0.503. The Morgan fingerprint density at radius 1 is 1.37 bits per heavy atom. The molecule has 1 N–H and O–H groups in total. The van der Waals surface area contributed by atoms with Crippen LogP contribution in [-0.2, 0) is 9.53 Å². The number of ether oxygens (including phenoxy) is 1. The van der Waals surface area contributed by atoms with Crippen LogP contribution in [0.3, 0.4) is 0 Å². The van der Waals surface area contributed by atoms with Gasteiger partial charge in [-0.25, -0.2) is 8.78 Å². The fourth-order valence-electron chi connectivity index (χ4n) is 1.85. The molecule has 1 aromatic rings. The van der Waals surface area contributed by atoms with Crippen LogP contribution >= 0.6 is 0 Å². The van der Waals surface area contributed by atoms with Crippen LogP contribution in [0.5, 0.6) is 0 Å². The molecule has 1 aliphatic rings. The van der Waals surface area contributed by atoms with Crippen LogP contribution in [0.2, 0.25) is 0 Å². The number of carbonyl (C=O) groups excluding carboxylic acids is 1. The van der Waals surface area contributed by atoms with E-state index in [9.17, 15) is 13.6 Å². The Balaban J connectivity index is 2.03. The number of nitrogens with one attached hydrogen (secondary N) is 1. The van der Waals surface area contributed by atoms with Crippen molar-refractivity contribution in [3.63, 3.8) is 0 Å². The SMILES string of the molecule is CC(NC(=O)C1=CCCCO1)c1ccc(F)c(F)c1. The molecular formula is C14H15F2NO2. The Morgan fingerprint density at radius 3 is 2.79 bits per heavy atom. The largest absolute Gasteiger partial charge is 0.488 e. The van der Waals surface area contributed by atoms with E-state index in [-0.39, 0.29) is 5.91 Å². The van der Waals surface area contributed by atoms with Gasteiger partial charge < -0.3 is 10.1 Å². The van der Waals surface area contributed by atoms with Crippen LogP contribution in [0.1, 0.15) is 31.4 Å². The fourth-order valence-corrected chi connectivity index (χ4v) is 1.85. The monoisotopic (exact) mass is 267 g/mol. The summed E-state index contributed by atoms with van der Waals surface area (Å²) in [5, 5.41) is 2.69. The van der Waals surface area contributed by atoms with Crippen LogP contribution in [-0.4, -0.2) is 12.5 Å². The maximum Gasteiger partial charge on any atom is 0.286 e. The zero-order valence-corrected chi connectivity index (χ0v) is 10.6. The molecule has 1 unspecified atom stereocenters. The first-order valence-electron chi connectivity index (χ1n) is 6.16. The van der Waals surface area contributed by atoms with Gasteiger partial charge in [-0.2, -0.15) is 0 Å². The second-order valence-electron chi connectivity index (χ2n) is 4.43. The molecule has 2 rings (SSSR count). The molecule has 1 aromatic carbocycles. The number of hydrogen-bond acceptors (Lipinski definition) is 2. The highest BCUT2D eigenvalue weighted by Crippen LogP contribution is 2.17. The predicted molar refractivity (Wildman–Crippen MR) is 66.2 cm³/mol. The third-order valence-corrected chi connectivity index (χ3v) is 2.95. The Hall–Kier alpha value is -1.91. The van der Waals surface area contributed by atoms with Crippen molar-refractivity contribution >= 4 is 5.91 Å². The first-order chi connectivity index (χ1) is 9.08. The van der Waals surface area contributed by atoms with Crippen LogP contribution in [0.15, 0.2) is 30.0 Å². The van der Waals surface area contributed by atoms with E-state index in [0.717, 1.165) is 25.0 Å². The number of carbonyl (C=O) groups is 1. The van der Waals surface area contributed by atoms with E-state index < -0.39 is 17.7 Å². The van der Waals surface area contributed by atoms with Crippen molar-refractivity contribution in [2.75, 3.05) is 6.61 Å². The molecule has 0 saturated heterocycles. The standard InChI is InChI=1S/C14H15F2NO2/c1-9(10-5-6-11(15)12(16)8-10)17-14(18)13-4-2-3-7-19-13/h4-6,8-9H,2-3,7H2,1H3,(H,17,18). The van der Waals surface area contributed by atoms with E-state index in [1.165, 1.54) is 6.07 Å². The third kappa shape index (κ3) is 3.30. The lowest BCUT2D eigenvalue weighted by atomic mass is 10.1. The van der Waals surface area contributed by atoms with Crippen LogP contribution in [0.25, 0.3) is 0 Å². The number of amides is 1. The summed E-state index contributed by atoms with van der Waals surface area (Å²) in [6.45, 7) is 2.23. The van der Waals surface area contributed by atoms with Gasteiger partial charge in [0.15, 0.2) is 17.4 Å². The highest BCUT2D eigenvalue weighted by atomic mass is 19.2. The molecule has 5 heteroatoms. The normalized spacial score (nSPS) is 16.3. The lowest BCUT2D eigenvalue weighted by Crippen LogP contribution is -2.30. The molecule has 1 atom stereocenters. The smallest absolute Gasteiger partial charge is 0.286 e. The van der Waals surface area contributed by atoms with E-state index in [1.54, 1.807) is 13.0 Å². The van der Waals surface area contributed by atoms with Crippen LogP contribution in [0.4, 0.5) is 8.78 Å². The summed E-state index contributed by atoms with van der Waals surface area (Å²) in [7, 11) is 0. The third-order valence-electron chi connectivity index (χ3n) is 2.95. The van der Waals surface area contributed by atoms with Gasteiger partial charge in [0, 0.05) is 0 Å². The lowest BCUT2D eigenvalue weighted by molar-refractivity contribution is -0.121. The van der Waals surface area contributed by atoms with Gasteiger partial charge in [0.05, 0.1) is 12.6 Å². The quantitative estimate of drug-likeness (QED) is 0.914. The number of rotatable bonds is 3. The minimum Gasteiger partial charge on any atom is -0.488 e. The van der Waals surface area contributed by atoms with Gasteiger partial charge in [-0.1, -0.05) is 6.07 Å². The minimum absolute atomic E-state index is 0.292. The number of hydrogen-bond donors (Lipinski definition) is 1. The first kappa shape index (κ1) is 13.5. The van der Waals surface area contributed by atoms with Gasteiger partial charge in [-0.3, -0.25) is 4.79 Å². The molecule has 0 spiro atoms.